The zero-order valence-electron chi connectivity index (χ0n) is 30.0. The molecule has 3 saturated carbocycles. The van der Waals surface area contributed by atoms with Crippen LogP contribution in [0.5, 0.6) is 0 Å². The van der Waals surface area contributed by atoms with Gasteiger partial charge in [-0.25, -0.2) is 10.2 Å². The van der Waals surface area contributed by atoms with E-state index in [-0.39, 0.29) is 41.8 Å². The van der Waals surface area contributed by atoms with Crippen molar-refractivity contribution in [2.75, 3.05) is 6.61 Å². The van der Waals surface area contributed by atoms with E-state index in [4.69, 9.17) is 9.47 Å². The molecule has 2 bridgehead atoms. The van der Waals surface area contributed by atoms with Crippen molar-refractivity contribution in [1.82, 2.24) is 10.9 Å². The Bertz CT molecular complexity index is 1480. The maximum atomic E-state index is 13.8. The molecule has 1 aromatic rings. The van der Waals surface area contributed by atoms with Crippen LogP contribution in [0.15, 0.2) is 54.1 Å². The molecule has 6 aliphatic rings. The molecule has 11 atom stereocenters. The van der Waals surface area contributed by atoms with Gasteiger partial charge in [0.25, 0.3) is 0 Å². The molecule has 0 aromatic heterocycles. The molecular formula is C41H58N2O6. The van der Waals surface area contributed by atoms with Gasteiger partial charge in [0.15, 0.2) is 5.72 Å². The van der Waals surface area contributed by atoms with Crippen LogP contribution in [0.4, 0.5) is 0 Å². The molecular weight excluding hydrogens is 616 g/mol. The molecule has 49 heavy (non-hydrogen) atoms. The van der Waals surface area contributed by atoms with E-state index in [0.717, 1.165) is 63.4 Å². The molecule has 4 aliphatic carbocycles. The van der Waals surface area contributed by atoms with E-state index < -0.39 is 28.3 Å². The lowest BCUT2D eigenvalue weighted by Gasteiger charge is -2.76. The van der Waals surface area contributed by atoms with E-state index in [1.807, 2.05) is 0 Å². The third-order valence-corrected chi connectivity index (χ3v) is 14.4. The largest absolute Gasteiger partial charge is 0.458 e. The Labute approximate surface area is 292 Å². The Morgan fingerprint density at radius 3 is 2.65 bits per heavy atom. The molecule has 4 fully saturated rings. The number of hydrogen-bond donors (Lipinski definition) is 4. The summed E-state index contributed by atoms with van der Waals surface area (Å²) >= 11 is 0. The molecule has 268 valence electrons. The third kappa shape index (κ3) is 5.55. The van der Waals surface area contributed by atoms with Gasteiger partial charge in [-0.15, -0.1) is 0 Å². The molecule has 4 N–H and O–H groups in total. The number of carbonyl (C=O) groups excluding carboxylic acids is 2. The molecule has 7 rings (SSSR count). The lowest BCUT2D eigenvalue weighted by atomic mass is 9.31. The standard InChI is InChI=1S/C41H58N2O6/c1-27(10-8-13-29-11-6-5-7-12-29)16-17-31-19-21-37(3)26-39(49-28(2)44)36-38(4,32-14-9-15-33(32)42-43-39)22-20-34(45)41(31,36)40(37,47)23-18-30-24-35(46)48-25-30/h5-7,11-12,19,21,24,27,31-34,36,42-43,45,47H,8-10,13-18,20,22-23,25-26H2,1-4H3/t27-,31+,32+,33-,34+,36+,37-,38+,39+,40-,41+/m1/s1. The summed E-state index contributed by atoms with van der Waals surface area (Å²) in [5, 5.41) is 26.6. The first-order chi connectivity index (χ1) is 23.4. The Kier molecular flexibility index (Phi) is 9.20. The molecule has 0 unspecified atom stereocenters. The number of cyclic esters (lactones) is 1. The number of aryl methyl sites for hydroxylation is 1. The van der Waals surface area contributed by atoms with E-state index in [9.17, 15) is 19.8 Å². The van der Waals surface area contributed by atoms with Crippen LogP contribution in [-0.2, 0) is 25.5 Å². The Morgan fingerprint density at radius 2 is 1.92 bits per heavy atom. The lowest BCUT2D eigenvalue weighted by molar-refractivity contribution is -0.357. The van der Waals surface area contributed by atoms with Crippen LogP contribution in [0, 0.1) is 39.9 Å². The minimum absolute atomic E-state index is 0.132. The number of nitrogens with one attached hydrogen (secondary N) is 2. The number of hydrogen-bond acceptors (Lipinski definition) is 8. The fourth-order valence-corrected chi connectivity index (χ4v) is 12.4. The number of allylic oxidation sites excluding steroid dienone is 1. The first kappa shape index (κ1) is 34.9. The van der Waals surface area contributed by atoms with Gasteiger partial charge in [0.2, 0.25) is 0 Å². The topological polar surface area (TPSA) is 117 Å². The number of aliphatic hydroxyl groups is 2. The highest BCUT2D eigenvalue weighted by atomic mass is 16.6. The molecule has 0 amide bonds. The van der Waals surface area contributed by atoms with Gasteiger partial charge in [0.05, 0.1) is 11.7 Å². The maximum absolute atomic E-state index is 13.8. The monoisotopic (exact) mass is 674 g/mol. The Balaban J connectivity index is 1.30. The van der Waals surface area contributed by atoms with E-state index in [2.05, 4.69) is 74.1 Å². The molecule has 1 saturated heterocycles. The number of rotatable bonds is 11. The van der Waals surface area contributed by atoms with Crippen molar-refractivity contribution in [2.24, 2.45) is 39.9 Å². The first-order valence-corrected chi connectivity index (χ1v) is 19.1. The number of ether oxygens (including phenoxy) is 2. The molecule has 8 heteroatoms. The summed E-state index contributed by atoms with van der Waals surface area (Å²) in [7, 11) is 0. The van der Waals surface area contributed by atoms with Crippen LogP contribution in [0.2, 0.25) is 0 Å². The summed E-state index contributed by atoms with van der Waals surface area (Å²) in [5.74, 6) is -0.383. The van der Waals surface area contributed by atoms with Crippen molar-refractivity contribution in [3.05, 3.63) is 59.7 Å². The van der Waals surface area contributed by atoms with Crippen LogP contribution in [-0.4, -0.2) is 52.2 Å². The van der Waals surface area contributed by atoms with Crippen molar-refractivity contribution >= 4 is 11.9 Å². The zero-order valence-corrected chi connectivity index (χ0v) is 30.0. The van der Waals surface area contributed by atoms with Gasteiger partial charge >= 0.3 is 11.9 Å². The number of aliphatic hydroxyl groups excluding tert-OH is 1. The van der Waals surface area contributed by atoms with Crippen molar-refractivity contribution in [1.29, 1.82) is 0 Å². The predicted molar refractivity (Wildman–Crippen MR) is 188 cm³/mol. The number of hydrazine groups is 1. The number of carbonyl (C=O) groups is 2. The van der Waals surface area contributed by atoms with Gasteiger partial charge in [-0.1, -0.05) is 82.5 Å². The molecule has 1 spiro atoms. The summed E-state index contributed by atoms with van der Waals surface area (Å²) in [6.07, 6.45) is 16.3. The fraction of sp³-hybridized carbons (Fsp3) is 0.707. The van der Waals surface area contributed by atoms with Crippen LogP contribution in [0.3, 0.4) is 0 Å². The van der Waals surface area contributed by atoms with Gasteiger partial charge in [-0.2, -0.15) is 0 Å². The fourth-order valence-electron chi connectivity index (χ4n) is 12.4. The van der Waals surface area contributed by atoms with E-state index in [0.29, 0.717) is 37.5 Å². The van der Waals surface area contributed by atoms with Crippen molar-refractivity contribution < 1.29 is 29.3 Å². The molecule has 2 aliphatic heterocycles. The highest BCUT2D eigenvalue weighted by molar-refractivity contribution is 5.85. The minimum Gasteiger partial charge on any atom is -0.458 e. The molecule has 2 heterocycles. The second kappa shape index (κ2) is 12.9. The SMILES string of the molecule is CC(=O)O[C@@]12C[C@@]3(C)C=C[C@H](CC[C@H](C)CCCc4ccccc4)[C@]4([C@H]1[C@@](C)(CC[C@@H]4O)[C@H]1CCC[C@H]1NN2)[C@@]3(O)CCC1=CC(=O)OC1. The number of esters is 2. The highest BCUT2D eigenvalue weighted by Crippen LogP contribution is 2.77. The van der Waals surface area contributed by atoms with Crippen molar-refractivity contribution in [2.45, 2.75) is 135 Å². The average Bonchev–Trinajstić information content (AvgIpc) is 3.70. The summed E-state index contributed by atoms with van der Waals surface area (Å²) in [6.45, 7) is 8.53. The summed E-state index contributed by atoms with van der Waals surface area (Å²) < 4.78 is 11.9. The van der Waals surface area contributed by atoms with Crippen molar-refractivity contribution in [3.63, 3.8) is 0 Å². The van der Waals surface area contributed by atoms with E-state index in [1.165, 1.54) is 12.5 Å². The van der Waals surface area contributed by atoms with Gasteiger partial charge in [0.1, 0.15) is 6.61 Å². The van der Waals surface area contributed by atoms with Gasteiger partial charge in [-0.05, 0) is 92.1 Å². The summed E-state index contributed by atoms with van der Waals surface area (Å²) in [4.78, 5) is 25.2. The predicted octanol–water partition coefficient (Wildman–Crippen LogP) is 6.32. The number of fused-ring (bicyclic) bond motifs is 3. The third-order valence-electron chi connectivity index (χ3n) is 14.4. The van der Waals surface area contributed by atoms with Gasteiger partial charge in [0, 0.05) is 42.2 Å². The van der Waals surface area contributed by atoms with Crippen molar-refractivity contribution in [3.8, 4) is 0 Å². The lowest BCUT2D eigenvalue weighted by Crippen LogP contribution is -2.83. The van der Waals surface area contributed by atoms with Crippen LogP contribution >= 0.6 is 0 Å². The molecule has 1 aromatic carbocycles. The summed E-state index contributed by atoms with van der Waals surface area (Å²) in [5.41, 5.74) is 5.00. The maximum Gasteiger partial charge on any atom is 0.331 e. The Morgan fingerprint density at radius 1 is 1.12 bits per heavy atom. The summed E-state index contributed by atoms with van der Waals surface area (Å²) in [6, 6.07) is 10.9. The molecule has 8 nitrogen and oxygen atoms in total. The van der Waals surface area contributed by atoms with E-state index in [1.54, 1.807) is 6.08 Å². The van der Waals surface area contributed by atoms with E-state index >= 15 is 0 Å². The second-order valence-electron chi connectivity index (χ2n) is 17.2. The highest BCUT2D eigenvalue weighted by Gasteiger charge is 2.82. The van der Waals surface area contributed by atoms with Crippen LogP contribution in [0.1, 0.15) is 110 Å². The zero-order chi connectivity index (χ0) is 34.7. The number of benzene rings is 1. The Hall–Kier alpha value is -2.52. The van der Waals surface area contributed by atoms with Crippen LogP contribution < -0.4 is 10.9 Å². The average molecular weight is 675 g/mol. The smallest absolute Gasteiger partial charge is 0.331 e. The minimum atomic E-state index is -1.34. The quantitative estimate of drug-likeness (QED) is 0.159. The molecule has 0 radical (unpaired) electrons. The van der Waals surface area contributed by atoms with Gasteiger partial charge in [-0.3, -0.25) is 10.2 Å². The van der Waals surface area contributed by atoms with Gasteiger partial charge < -0.3 is 19.7 Å². The second-order valence-corrected chi connectivity index (χ2v) is 17.2. The normalized spacial score (nSPS) is 42.8. The first-order valence-electron chi connectivity index (χ1n) is 19.1. The van der Waals surface area contributed by atoms with Crippen LogP contribution in [0.25, 0.3) is 0 Å².